The molecule has 0 atom stereocenters. The highest BCUT2D eigenvalue weighted by Crippen LogP contribution is 2.28. The molecule has 1 N–H and O–H groups in total. The van der Waals surface area contributed by atoms with Gasteiger partial charge in [-0.3, -0.25) is 0 Å². The highest BCUT2D eigenvalue weighted by molar-refractivity contribution is 6.75. The second-order valence-electron chi connectivity index (χ2n) is 4.54. The van der Waals surface area contributed by atoms with Crippen molar-refractivity contribution in [3.8, 4) is 5.88 Å². The van der Waals surface area contributed by atoms with Gasteiger partial charge < -0.3 is 9.41 Å². The van der Waals surface area contributed by atoms with Gasteiger partial charge in [0.05, 0.1) is 6.33 Å². The van der Waals surface area contributed by atoms with Crippen molar-refractivity contribution in [1.82, 2.24) is 19.9 Å². The van der Waals surface area contributed by atoms with E-state index in [9.17, 15) is 0 Å². The summed E-state index contributed by atoms with van der Waals surface area (Å²) in [5, 5.41) is 0. The van der Waals surface area contributed by atoms with Crippen LogP contribution in [0.15, 0.2) is 50.6 Å². The van der Waals surface area contributed by atoms with Crippen LogP contribution < -0.4 is 4.43 Å². The van der Waals surface area contributed by atoms with Crippen molar-refractivity contribution in [2.45, 2.75) is 18.1 Å². The summed E-state index contributed by atoms with van der Waals surface area (Å²) in [6.07, 6.45) is 8.74. The molecule has 2 aromatic heterocycles. The Morgan fingerprint density at radius 3 is 2.30 bits per heavy atom. The molecule has 2 heterocycles. The number of hydrogen-bond donors (Lipinski definition) is 1. The predicted octanol–water partition coefficient (Wildman–Crippen LogP) is 3.24. The fourth-order valence-electron chi connectivity index (χ4n) is 2.19. The van der Waals surface area contributed by atoms with Gasteiger partial charge >= 0.3 is 0 Å². The van der Waals surface area contributed by atoms with Crippen LogP contribution >= 0.6 is 0 Å². The normalized spacial score (nSPS) is 11.2. The number of imidazole rings is 1. The van der Waals surface area contributed by atoms with Crippen LogP contribution in [-0.4, -0.2) is 28.3 Å². The van der Waals surface area contributed by atoms with Crippen LogP contribution in [0, 0.1) is 0 Å². The van der Waals surface area contributed by atoms with Crippen LogP contribution in [0.4, 0.5) is 0 Å². The van der Waals surface area contributed by atoms with E-state index in [2.05, 4.69) is 39.7 Å². The van der Waals surface area contributed by atoms with Crippen LogP contribution in [0.1, 0.15) is 0 Å². The molecule has 0 radical (unpaired) electrons. The molecule has 5 nitrogen and oxygen atoms in total. The molecular weight excluding hydrogens is 268 g/mol. The maximum atomic E-state index is 6.29. The Morgan fingerprint density at radius 1 is 1.05 bits per heavy atom. The van der Waals surface area contributed by atoms with E-state index in [4.69, 9.17) is 4.43 Å². The van der Waals surface area contributed by atoms with Crippen molar-refractivity contribution < 1.29 is 4.43 Å². The van der Waals surface area contributed by atoms with E-state index in [0.29, 0.717) is 17.0 Å². The van der Waals surface area contributed by atoms with Gasteiger partial charge in [-0.05, 0) is 18.1 Å². The molecule has 0 spiro atoms. The van der Waals surface area contributed by atoms with Crippen LogP contribution in [0.2, 0.25) is 18.1 Å². The second kappa shape index (κ2) is 6.29. The molecule has 20 heavy (non-hydrogen) atoms. The van der Waals surface area contributed by atoms with Gasteiger partial charge in [-0.1, -0.05) is 18.2 Å². The number of H-pyrrole nitrogens is 1. The Kier molecular flexibility index (Phi) is 4.47. The molecule has 0 aliphatic rings. The number of nitrogens with zero attached hydrogens (tertiary/aromatic N) is 3. The molecule has 0 amide bonds. The molecular formula is C14H18N4OSi. The first kappa shape index (κ1) is 14.2. The number of nitrogens with one attached hydrogen (secondary N) is 1. The third-order valence-electron chi connectivity index (χ3n) is 3.05. The Labute approximate surface area is 119 Å². The van der Waals surface area contributed by atoms with Gasteiger partial charge in [-0.15, -0.1) is 19.7 Å². The zero-order valence-corrected chi connectivity index (χ0v) is 12.4. The standard InChI is InChI=1S/C14H18N4OSi/c1-4-7-20(8-5-2,9-6-3)19-14-12-13(16-10-15-12)17-11-18-14/h4-6,10-11H,1-3,7-9H2,(H,15,16,17,18). The number of fused-ring (bicyclic) bond motifs is 1. The minimum absolute atomic E-state index is 0.522. The van der Waals surface area contributed by atoms with Crippen molar-refractivity contribution in [3.05, 3.63) is 50.6 Å². The molecule has 104 valence electrons. The quantitative estimate of drug-likeness (QED) is 0.597. The Morgan fingerprint density at radius 2 is 1.70 bits per heavy atom. The Bertz CT molecular complexity index is 596. The van der Waals surface area contributed by atoms with Gasteiger partial charge in [0, 0.05) is 0 Å². The first-order valence-electron chi connectivity index (χ1n) is 6.40. The average molecular weight is 286 g/mol. The van der Waals surface area contributed by atoms with Crippen molar-refractivity contribution in [1.29, 1.82) is 0 Å². The largest absolute Gasteiger partial charge is 0.528 e. The molecule has 2 aromatic rings. The second-order valence-corrected chi connectivity index (χ2v) is 8.34. The fraction of sp³-hybridized carbons (Fsp3) is 0.214. The summed E-state index contributed by atoms with van der Waals surface area (Å²) in [6, 6.07) is 2.42. The van der Waals surface area contributed by atoms with Crippen LogP contribution in [0.25, 0.3) is 11.2 Å². The summed E-state index contributed by atoms with van der Waals surface area (Å²) in [5.74, 6) is 0.522. The topological polar surface area (TPSA) is 63.7 Å². The van der Waals surface area contributed by atoms with E-state index in [-0.39, 0.29) is 0 Å². The lowest BCUT2D eigenvalue weighted by Crippen LogP contribution is -2.40. The van der Waals surface area contributed by atoms with Gasteiger partial charge in [0.25, 0.3) is 8.32 Å². The summed E-state index contributed by atoms with van der Waals surface area (Å²) >= 11 is 0. The molecule has 2 rings (SSSR count). The lowest BCUT2D eigenvalue weighted by Gasteiger charge is -2.28. The zero-order chi connectivity index (χ0) is 14.4. The van der Waals surface area contributed by atoms with Gasteiger partial charge in [-0.25, -0.2) is 15.0 Å². The van der Waals surface area contributed by atoms with Gasteiger partial charge in [0.1, 0.15) is 6.33 Å². The molecule has 0 unspecified atom stereocenters. The SMILES string of the molecule is C=CC[Si](CC=C)(CC=C)Oc1ncnc2[nH]cnc12. The van der Waals surface area contributed by atoms with E-state index in [0.717, 1.165) is 18.1 Å². The monoisotopic (exact) mass is 286 g/mol. The number of hydrogen-bond acceptors (Lipinski definition) is 4. The summed E-state index contributed by atoms with van der Waals surface area (Å²) in [4.78, 5) is 15.5. The van der Waals surface area contributed by atoms with Crippen LogP contribution in [0.3, 0.4) is 0 Å². The fourth-order valence-corrected chi connectivity index (χ4v) is 5.07. The summed E-state index contributed by atoms with van der Waals surface area (Å²) in [5.41, 5.74) is 1.33. The zero-order valence-electron chi connectivity index (χ0n) is 11.4. The van der Waals surface area contributed by atoms with Crippen LogP contribution in [-0.2, 0) is 0 Å². The number of aromatic nitrogens is 4. The van der Waals surface area contributed by atoms with Crippen molar-refractivity contribution in [2.75, 3.05) is 0 Å². The van der Waals surface area contributed by atoms with Crippen molar-refractivity contribution in [3.63, 3.8) is 0 Å². The lowest BCUT2D eigenvalue weighted by molar-refractivity contribution is 0.524. The van der Waals surface area contributed by atoms with Gasteiger partial charge in [-0.2, -0.15) is 0 Å². The number of allylic oxidation sites excluding steroid dienone is 3. The molecule has 0 saturated carbocycles. The van der Waals surface area contributed by atoms with E-state index in [1.807, 2.05) is 18.2 Å². The van der Waals surface area contributed by atoms with E-state index < -0.39 is 8.32 Å². The maximum absolute atomic E-state index is 6.29. The molecule has 0 aliphatic heterocycles. The molecule has 0 aromatic carbocycles. The summed E-state index contributed by atoms with van der Waals surface area (Å²) < 4.78 is 6.29. The van der Waals surface area contributed by atoms with E-state index >= 15 is 0 Å². The number of rotatable bonds is 8. The first-order chi connectivity index (χ1) is 9.74. The van der Waals surface area contributed by atoms with Crippen molar-refractivity contribution in [2.24, 2.45) is 0 Å². The van der Waals surface area contributed by atoms with Crippen molar-refractivity contribution >= 4 is 19.5 Å². The molecule has 0 saturated heterocycles. The highest BCUT2D eigenvalue weighted by Gasteiger charge is 2.34. The minimum atomic E-state index is -2.13. The molecule has 0 bridgehead atoms. The Balaban J connectivity index is 2.39. The summed E-state index contributed by atoms with van der Waals surface area (Å²) in [6.45, 7) is 11.5. The lowest BCUT2D eigenvalue weighted by atomic mass is 10.5. The van der Waals surface area contributed by atoms with Gasteiger partial charge in [0.2, 0.25) is 5.88 Å². The van der Waals surface area contributed by atoms with E-state index in [1.54, 1.807) is 6.33 Å². The number of aromatic amines is 1. The van der Waals surface area contributed by atoms with Gasteiger partial charge in [0.15, 0.2) is 11.2 Å². The van der Waals surface area contributed by atoms with Crippen LogP contribution in [0.5, 0.6) is 5.88 Å². The third kappa shape index (κ3) is 2.85. The third-order valence-corrected chi connectivity index (χ3v) is 6.77. The summed E-state index contributed by atoms with van der Waals surface area (Å²) in [7, 11) is -2.13. The smallest absolute Gasteiger partial charge is 0.264 e. The first-order valence-corrected chi connectivity index (χ1v) is 8.93. The minimum Gasteiger partial charge on any atom is -0.528 e. The highest BCUT2D eigenvalue weighted by atomic mass is 28.4. The predicted molar refractivity (Wildman–Crippen MR) is 83.1 cm³/mol. The molecule has 0 fully saturated rings. The average Bonchev–Trinajstić information content (AvgIpc) is 2.89. The molecule has 0 aliphatic carbocycles. The molecule has 6 heteroatoms. The Hall–Kier alpha value is -2.21. The maximum Gasteiger partial charge on any atom is 0.264 e. The van der Waals surface area contributed by atoms with E-state index in [1.165, 1.54) is 6.33 Å².